The number of sulfonamides is 1. The predicted molar refractivity (Wildman–Crippen MR) is 85.7 cm³/mol. The molecule has 1 aliphatic rings. The molecule has 21 heavy (non-hydrogen) atoms. The van der Waals surface area contributed by atoms with E-state index in [2.05, 4.69) is 26.1 Å². The van der Waals surface area contributed by atoms with Gasteiger partial charge < -0.3 is 5.32 Å². The molecule has 118 valence electrons. The Kier molecular flexibility index (Phi) is 4.47. The molecular weight excluding hydrogens is 284 g/mol. The van der Waals surface area contributed by atoms with Gasteiger partial charge in [-0.15, -0.1) is 0 Å². The lowest BCUT2D eigenvalue weighted by atomic mass is 9.88. The van der Waals surface area contributed by atoms with Crippen LogP contribution in [0.3, 0.4) is 0 Å². The summed E-state index contributed by atoms with van der Waals surface area (Å²) in [7, 11) is -1.77. The van der Waals surface area contributed by atoms with Gasteiger partial charge >= 0.3 is 0 Å². The summed E-state index contributed by atoms with van der Waals surface area (Å²) in [6, 6.07) is 5.52. The third-order valence-corrected chi connectivity index (χ3v) is 6.57. The minimum absolute atomic E-state index is 0.0694. The number of nitrogens with one attached hydrogen (secondary N) is 1. The van der Waals surface area contributed by atoms with Crippen molar-refractivity contribution >= 4 is 10.0 Å². The van der Waals surface area contributed by atoms with E-state index in [-0.39, 0.29) is 11.5 Å². The van der Waals surface area contributed by atoms with Crippen molar-refractivity contribution in [1.82, 2.24) is 9.62 Å². The minimum atomic E-state index is -3.46. The molecule has 0 spiro atoms. The fourth-order valence-electron chi connectivity index (χ4n) is 2.65. The summed E-state index contributed by atoms with van der Waals surface area (Å²) in [5.41, 5.74) is 1.97. The number of hydrogen-bond acceptors (Lipinski definition) is 3. The number of rotatable bonds is 3. The van der Waals surface area contributed by atoms with E-state index in [4.69, 9.17) is 0 Å². The van der Waals surface area contributed by atoms with Crippen molar-refractivity contribution < 1.29 is 8.42 Å². The molecule has 0 radical (unpaired) electrons. The van der Waals surface area contributed by atoms with Gasteiger partial charge in [0, 0.05) is 19.6 Å². The van der Waals surface area contributed by atoms with Gasteiger partial charge in [-0.2, -0.15) is 4.31 Å². The Morgan fingerprint density at radius 3 is 2.57 bits per heavy atom. The monoisotopic (exact) mass is 310 g/mol. The van der Waals surface area contributed by atoms with Gasteiger partial charge in [-0.05, 0) is 42.5 Å². The Morgan fingerprint density at radius 1 is 1.29 bits per heavy atom. The van der Waals surface area contributed by atoms with E-state index in [1.54, 1.807) is 13.1 Å². The van der Waals surface area contributed by atoms with E-state index in [0.717, 1.165) is 30.6 Å². The number of benzene rings is 1. The zero-order chi connectivity index (χ0) is 15.8. The quantitative estimate of drug-likeness (QED) is 0.932. The second-order valence-electron chi connectivity index (χ2n) is 6.88. The highest BCUT2D eigenvalue weighted by Gasteiger charge is 2.34. The number of fused-ring (bicyclic) bond motifs is 1. The van der Waals surface area contributed by atoms with Crippen molar-refractivity contribution in [3.8, 4) is 0 Å². The molecule has 0 amide bonds. The van der Waals surface area contributed by atoms with Gasteiger partial charge in [0.05, 0.1) is 4.90 Å². The molecule has 0 bridgehead atoms. The molecule has 1 N–H and O–H groups in total. The largest absolute Gasteiger partial charge is 0.312 e. The molecule has 0 saturated heterocycles. The minimum Gasteiger partial charge on any atom is -0.312 e. The molecule has 4 nitrogen and oxygen atoms in total. The topological polar surface area (TPSA) is 49.4 Å². The summed E-state index contributed by atoms with van der Waals surface area (Å²) in [4.78, 5) is 0.472. The lowest BCUT2D eigenvalue weighted by molar-refractivity contribution is 0.216. The fraction of sp³-hybridized carbons (Fsp3) is 0.625. The number of hydrogen-bond donors (Lipinski definition) is 1. The third-order valence-electron chi connectivity index (χ3n) is 4.55. The molecule has 0 saturated carbocycles. The summed E-state index contributed by atoms with van der Waals surface area (Å²) >= 11 is 0. The molecular formula is C16H26N2O2S. The average molecular weight is 310 g/mol. The van der Waals surface area contributed by atoms with Crippen LogP contribution >= 0.6 is 0 Å². The summed E-state index contributed by atoms with van der Waals surface area (Å²) in [6.07, 6.45) is 0.766. The lowest BCUT2D eigenvalue weighted by Gasteiger charge is -2.35. The highest BCUT2D eigenvalue weighted by atomic mass is 32.2. The first-order chi connectivity index (χ1) is 9.65. The van der Waals surface area contributed by atoms with E-state index >= 15 is 0 Å². The van der Waals surface area contributed by atoms with Crippen molar-refractivity contribution in [2.75, 3.05) is 13.6 Å². The SMILES string of the molecule is CC(N(C)S(=O)(=O)c1cccc2c1CCNC2)C(C)(C)C. The van der Waals surface area contributed by atoms with E-state index in [0.29, 0.717) is 4.90 Å². The summed E-state index contributed by atoms with van der Waals surface area (Å²) < 4.78 is 27.5. The van der Waals surface area contributed by atoms with Crippen molar-refractivity contribution in [2.24, 2.45) is 5.41 Å². The molecule has 5 heteroatoms. The lowest BCUT2D eigenvalue weighted by Crippen LogP contribution is -2.43. The van der Waals surface area contributed by atoms with Crippen molar-refractivity contribution in [2.45, 2.75) is 51.6 Å². The van der Waals surface area contributed by atoms with Crippen LogP contribution in [0.4, 0.5) is 0 Å². The molecule has 0 aromatic heterocycles. The van der Waals surface area contributed by atoms with Crippen LogP contribution in [0.5, 0.6) is 0 Å². The zero-order valence-electron chi connectivity index (χ0n) is 13.6. The standard InChI is InChI=1S/C16H26N2O2S/c1-12(16(2,3)4)18(5)21(19,20)15-8-6-7-13-11-17-10-9-14(13)15/h6-8,12,17H,9-11H2,1-5H3. The molecule has 1 aliphatic heterocycles. The number of nitrogens with zero attached hydrogens (tertiary/aromatic N) is 1. The smallest absolute Gasteiger partial charge is 0.243 e. The average Bonchev–Trinajstić information content (AvgIpc) is 2.44. The molecule has 1 heterocycles. The highest BCUT2D eigenvalue weighted by Crippen LogP contribution is 2.30. The van der Waals surface area contributed by atoms with E-state index in [1.165, 1.54) is 4.31 Å². The van der Waals surface area contributed by atoms with E-state index < -0.39 is 10.0 Å². The van der Waals surface area contributed by atoms with Gasteiger partial charge in [-0.3, -0.25) is 0 Å². The fourth-order valence-corrected chi connectivity index (χ4v) is 4.49. The molecule has 1 atom stereocenters. The molecule has 1 unspecified atom stereocenters. The predicted octanol–water partition coefficient (Wildman–Crippen LogP) is 2.39. The Labute approximate surface area is 128 Å². The van der Waals surface area contributed by atoms with Crippen LogP contribution in [0.15, 0.2) is 23.1 Å². The first kappa shape index (κ1) is 16.5. The van der Waals surface area contributed by atoms with Crippen molar-refractivity contribution in [1.29, 1.82) is 0 Å². The van der Waals surface area contributed by atoms with Crippen LogP contribution in [0.25, 0.3) is 0 Å². The van der Waals surface area contributed by atoms with Gasteiger partial charge in [-0.25, -0.2) is 8.42 Å². The second-order valence-corrected chi connectivity index (χ2v) is 8.85. The van der Waals surface area contributed by atoms with Gasteiger partial charge in [-0.1, -0.05) is 32.9 Å². The van der Waals surface area contributed by atoms with Crippen molar-refractivity contribution in [3.63, 3.8) is 0 Å². The Morgan fingerprint density at radius 2 is 1.95 bits per heavy atom. The molecule has 1 aromatic carbocycles. The highest BCUT2D eigenvalue weighted by molar-refractivity contribution is 7.89. The first-order valence-electron chi connectivity index (χ1n) is 7.45. The molecule has 0 aliphatic carbocycles. The first-order valence-corrected chi connectivity index (χ1v) is 8.89. The van der Waals surface area contributed by atoms with Crippen LogP contribution in [0, 0.1) is 5.41 Å². The maximum Gasteiger partial charge on any atom is 0.243 e. The zero-order valence-corrected chi connectivity index (χ0v) is 14.4. The van der Waals surface area contributed by atoms with E-state index in [1.807, 2.05) is 19.1 Å². The maximum atomic E-state index is 13.0. The van der Waals surface area contributed by atoms with E-state index in [9.17, 15) is 8.42 Å². The van der Waals surface area contributed by atoms with Crippen LogP contribution in [-0.4, -0.2) is 32.4 Å². The second kappa shape index (κ2) is 5.71. The molecule has 2 rings (SSSR count). The van der Waals surface area contributed by atoms with Gasteiger partial charge in [0.2, 0.25) is 10.0 Å². The van der Waals surface area contributed by atoms with Crippen LogP contribution < -0.4 is 5.32 Å². The summed E-state index contributed by atoms with van der Waals surface area (Å²) in [6.45, 7) is 9.74. The third kappa shape index (κ3) is 3.15. The Hall–Kier alpha value is -0.910. The van der Waals surface area contributed by atoms with Crippen LogP contribution in [-0.2, 0) is 23.0 Å². The van der Waals surface area contributed by atoms with Gasteiger partial charge in [0.1, 0.15) is 0 Å². The van der Waals surface area contributed by atoms with Gasteiger partial charge in [0.25, 0.3) is 0 Å². The Balaban J connectivity index is 2.45. The summed E-state index contributed by atoms with van der Waals surface area (Å²) in [5, 5.41) is 3.29. The molecule has 0 fully saturated rings. The Bertz CT molecular complexity index is 618. The maximum absolute atomic E-state index is 13.0. The summed E-state index contributed by atoms with van der Waals surface area (Å²) in [5.74, 6) is 0. The van der Waals surface area contributed by atoms with Crippen molar-refractivity contribution in [3.05, 3.63) is 29.3 Å². The van der Waals surface area contributed by atoms with Crippen LogP contribution in [0.1, 0.15) is 38.8 Å². The molecule has 1 aromatic rings. The van der Waals surface area contributed by atoms with Gasteiger partial charge in [0.15, 0.2) is 0 Å². The normalized spacial score (nSPS) is 17.6. The van der Waals surface area contributed by atoms with Crippen LogP contribution in [0.2, 0.25) is 0 Å².